The van der Waals surface area contributed by atoms with Crippen molar-refractivity contribution in [3.8, 4) is 0 Å². The molecule has 9 heteroatoms. The summed E-state index contributed by atoms with van der Waals surface area (Å²) in [6.45, 7) is 4.45. The molecule has 1 saturated heterocycles. The Balaban J connectivity index is 2.26. The fourth-order valence-electron chi connectivity index (χ4n) is 6.17. The third-order valence-electron chi connectivity index (χ3n) is 9.51. The van der Waals surface area contributed by atoms with Gasteiger partial charge in [0.05, 0.1) is 19.8 Å². The van der Waals surface area contributed by atoms with E-state index >= 15 is 0 Å². The van der Waals surface area contributed by atoms with E-state index in [2.05, 4.69) is 50.3 Å². The second kappa shape index (κ2) is 35.1. The molecule has 1 aliphatic rings. The molecule has 1 fully saturated rings. The van der Waals surface area contributed by atoms with Crippen LogP contribution in [-0.2, 0) is 23.7 Å². The molecule has 0 saturated carbocycles. The number of aliphatic hydroxyl groups excluding tert-OH is 4. The second-order valence-electron chi connectivity index (χ2n) is 14.4. The van der Waals surface area contributed by atoms with Crippen LogP contribution >= 0.6 is 0 Å². The van der Waals surface area contributed by atoms with Crippen molar-refractivity contribution in [2.75, 3.05) is 26.4 Å². The van der Waals surface area contributed by atoms with Gasteiger partial charge in [-0.2, -0.15) is 0 Å². The van der Waals surface area contributed by atoms with Gasteiger partial charge < -0.3 is 39.4 Å². The Labute approximate surface area is 317 Å². The molecule has 6 unspecified atom stereocenters. The highest BCUT2D eigenvalue weighted by molar-refractivity contribution is 5.69. The average molecular weight is 739 g/mol. The van der Waals surface area contributed by atoms with Crippen LogP contribution in [0.25, 0.3) is 0 Å². The van der Waals surface area contributed by atoms with E-state index in [0.717, 1.165) is 64.2 Å². The van der Waals surface area contributed by atoms with Crippen LogP contribution < -0.4 is 0 Å². The molecule has 304 valence electrons. The van der Waals surface area contributed by atoms with Gasteiger partial charge >= 0.3 is 5.97 Å². The number of esters is 1. The maximum atomic E-state index is 12.7. The Bertz CT molecular complexity index is 890. The number of ether oxygens (including phenoxy) is 4. The molecule has 0 radical (unpaired) electrons. The molecule has 1 rings (SSSR count). The zero-order valence-electron chi connectivity index (χ0n) is 33.1. The molecular weight excluding hydrogens is 660 g/mol. The zero-order valence-corrected chi connectivity index (χ0v) is 33.1. The summed E-state index contributed by atoms with van der Waals surface area (Å²) in [7, 11) is 0. The molecule has 0 amide bonds. The van der Waals surface area contributed by atoms with Gasteiger partial charge in [-0.3, -0.25) is 4.79 Å². The van der Waals surface area contributed by atoms with Crippen molar-refractivity contribution in [2.45, 2.75) is 205 Å². The molecule has 0 aromatic rings. The molecular formula is C43H78O9. The highest BCUT2D eigenvalue weighted by Gasteiger charge is 2.44. The molecule has 0 aromatic heterocycles. The minimum atomic E-state index is -1.54. The lowest BCUT2D eigenvalue weighted by atomic mass is 9.99. The smallest absolute Gasteiger partial charge is 0.306 e. The molecule has 0 bridgehead atoms. The second-order valence-corrected chi connectivity index (χ2v) is 14.4. The molecule has 1 heterocycles. The van der Waals surface area contributed by atoms with Gasteiger partial charge in [0.15, 0.2) is 6.29 Å². The number of unbranched alkanes of at least 4 members (excludes halogenated alkanes) is 18. The van der Waals surface area contributed by atoms with Crippen LogP contribution in [0.2, 0.25) is 0 Å². The third-order valence-corrected chi connectivity index (χ3v) is 9.51. The number of allylic oxidation sites excluding steroid dienone is 6. The first-order valence-corrected chi connectivity index (χ1v) is 21.1. The number of aliphatic hydroxyl groups is 4. The molecule has 0 spiro atoms. The fraction of sp³-hybridized carbons (Fsp3) is 0.837. The van der Waals surface area contributed by atoms with Crippen LogP contribution in [0.15, 0.2) is 36.5 Å². The number of carbonyl (C=O) groups is 1. The quantitative estimate of drug-likeness (QED) is 0.0286. The molecule has 0 aliphatic carbocycles. The van der Waals surface area contributed by atoms with Crippen LogP contribution in [0.5, 0.6) is 0 Å². The van der Waals surface area contributed by atoms with Gasteiger partial charge in [0.1, 0.15) is 30.5 Å². The summed E-state index contributed by atoms with van der Waals surface area (Å²) >= 11 is 0. The van der Waals surface area contributed by atoms with Gasteiger partial charge in [0, 0.05) is 13.0 Å². The van der Waals surface area contributed by atoms with Gasteiger partial charge in [0.25, 0.3) is 0 Å². The topological polar surface area (TPSA) is 135 Å². The summed E-state index contributed by atoms with van der Waals surface area (Å²) in [5.74, 6) is -0.329. The SMILES string of the molecule is CCC/C=C\CCCCCCCC(=O)OC(COCCCCCCCCCC/C=C\C/C=C\CCCCCC)COC1OC(CO)C(O)C(O)C1O. The number of carbonyl (C=O) groups excluding carboxylic acids is 1. The molecule has 1 aliphatic heterocycles. The summed E-state index contributed by atoms with van der Waals surface area (Å²) in [6.07, 6.45) is 33.2. The first-order valence-electron chi connectivity index (χ1n) is 21.1. The molecule has 9 nitrogen and oxygen atoms in total. The van der Waals surface area contributed by atoms with E-state index in [0.29, 0.717) is 13.0 Å². The minimum Gasteiger partial charge on any atom is -0.457 e. The summed E-state index contributed by atoms with van der Waals surface area (Å²) in [5.41, 5.74) is 0. The van der Waals surface area contributed by atoms with Gasteiger partial charge in [-0.1, -0.05) is 134 Å². The van der Waals surface area contributed by atoms with E-state index in [-0.39, 0.29) is 19.2 Å². The van der Waals surface area contributed by atoms with E-state index in [1.165, 1.54) is 83.5 Å². The molecule has 6 atom stereocenters. The van der Waals surface area contributed by atoms with Crippen molar-refractivity contribution in [2.24, 2.45) is 0 Å². The van der Waals surface area contributed by atoms with Crippen molar-refractivity contribution in [1.82, 2.24) is 0 Å². The molecule has 0 aromatic carbocycles. The zero-order chi connectivity index (χ0) is 37.9. The number of hydrogen-bond donors (Lipinski definition) is 4. The molecule has 4 N–H and O–H groups in total. The standard InChI is InChI=1S/C43H78O9/c1-3-5-7-9-11-13-15-16-17-18-19-20-21-22-23-25-27-29-31-33-49-35-37(36-50-43-42(48)41(47)40(46)38(34-44)52-43)51-39(45)32-30-28-26-24-14-12-10-8-6-4-2/h8,10,13,15,17-18,37-38,40-44,46-48H,3-7,9,11-12,14,16,19-36H2,1-2H3/b10-8-,15-13-,18-17-. The normalized spacial score (nSPS) is 21.5. The van der Waals surface area contributed by atoms with Gasteiger partial charge in [0.2, 0.25) is 0 Å². The van der Waals surface area contributed by atoms with Crippen molar-refractivity contribution < 1.29 is 44.2 Å². The maximum absolute atomic E-state index is 12.7. The Kier molecular flexibility index (Phi) is 32.7. The number of rotatable bonds is 35. The first-order chi connectivity index (χ1) is 25.4. The van der Waals surface area contributed by atoms with Crippen LogP contribution in [-0.4, -0.2) is 89.6 Å². The van der Waals surface area contributed by atoms with E-state index in [1.807, 2.05) is 0 Å². The third kappa shape index (κ3) is 26.2. The van der Waals surface area contributed by atoms with Crippen LogP contribution in [0.3, 0.4) is 0 Å². The van der Waals surface area contributed by atoms with Crippen LogP contribution in [0.1, 0.15) is 168 Å². The highest BCUT2D eigenvalue weighted by atomic mass is 16.7. The summed E-state index contributed by atoms with van der Waals surface area (Å²) in [4.78, 5) is 12.7. The van der Waals surface area contributed by atoms with E-state index in [1.54, 1.807) is 0 Å². The lowest BCUT2D eigenvalue weighted by Crippen LogP contribution is -2.59. The maximum Gasteiger partial charge on any atom is 0.306 e. The summed E-state index contributed by atoms with van der Waals surface area (Å²) in [5, 5.41) is 40.0. The first kappa shape index (κ1) is 48.4. The van der Waals surface area contributed by atoms with Gasteiger partial charge in [-0.25, -0.2) is 0 Å². The van der Waals surface area contributed by atoms with Crippen LogP contribution in [0, 0.1) is 0 Å². The Hall–Kier alpha value is -1.59. The van der Waals surface area contributed by atoms with Crippen molar-refractivity contribution in [3.63, 3.8) is 0 Å². The van der Waals surface area contributed by atoms with Gasteiger partial charge in [-0.15, -0.1) is 0 Å². The van der Waals surface area contributed by atoms with Crippen molar-refractivity contribution in [3.05, 3.63) is 36.5 Å². The lowest BCUT2D eigenvalue weighted by Gasteiger charge is -2.39. The Morgan fingerprint density at radius 2 is 1.15 bits per heavy atom. The summed E-state index contributed by atoms with van der Waals surface area (Å²) < 4.78 is 22.7. The largest absolute Gasteiger partial charge is 0.457 e. The number of hydrogen-bond acceptors (Lipinski definition) is 9. The van der Waals surface area contributed by atoms with E-state index < -0.39 is 43.4 Å². The predicted octanol–water partition coefficient (Wildman–Crippen LogP) is 8.80. The molecule has 52 heavy (non-hydrogen) atoms. The van der Waals surface area contributed by atoms with Gasteiger partial charge in [-0.05, 0) is 64.2 Å². The fourth-order valence-corrected chi connectivity index (χ4v) is 6.17. The predicted molar refractivity (Wildman–Crippen MR) is 210 cm³/mol. The van der Waals surface area contributed by atoms with E-state index in [9.17, 15) is 25.2 Å². The highest BCUT2D eigenvalue weighted by Crippen LogP contribution is 2.22. The van der Waals surface area contributed by atoms with E-state index in [4.69, 9.17) is 18.9 Å². The minimum absolute atomic E-state index is 0.119. The Morgan fingerprint density at radius 1 is 0.615 bits per heavy atom. The van der Waals surface area contributed by atoms with Crippen molar-refractivity contribution >= 4 is 5.97 Å². The van der Waals surface area contributed by atoms with Crippen LogP contribution in [0.4, 0.5) is 0 Å². The summed E-state index contributed by atoms with van der Waals surface area (Å²) in [6, 6.07) is 0. The van der Waals surface area contributed by atoms with Crippen molar-refractivity contribution in [1.29, 1.82) is 0 Å². The monoisotopic (exact) mass is 739 g/mol. The average Bonchev–Trinajstić information content (AvgIpc) is 3.14. The lowest BCUT2D eigenvalue weighted by molar-refractivity contribution is -0.305. The Morgan fingerprint density at radius 3 is 1.75 bits per heavy atom.